The van der Waals surface area contributed by atoms with E-state index in [2.05, 4.69) is 0 Å². The number of nitrogens with zero attached hydrogens (tertiary/aromatic N) is 1. The van der Waals surface area contributed by atoms with E-state index in [4.69, 9.17) is 20.7 Å². The average Bonchev–Trinajstić information content (AvgIpc) is 3.12. The van der Waals surface area contributed by atoms with Crippen molar-refractivity contribution < 1.29 is 33.0 Å². The van der Waals surface area contributed by atoms with E-state index < -0.39 is 34.1 Å². The predicted molar refractivity (Wildman–Crippen MR) is 108 cm³/mol. The summed E-state index contributed by atoms with van der Waals surface area (Å²) in [5.41, 5.74) is 7.14. The Morgan fingerprint density at radius 3 is 2.33 bits per heavy atom. The fourth-order valence-electron chi connectivity index (χ4n) is 2.92. The lowest BCUT2D eigenvalue weighted by atomic mass is 10.1. The van der Waals surface area contributed by atoms with Crippen molar-refractivity contribution in [2.75, 3.05) is 0 Å². The molecule has 0 fully saturated rings. The number of hydrogen-bond acceptors (Lipinski definition) is 6. The number of carboxylic acid groups (broad SMARTS) is 2. The molecule has 3 rings (SSSR count). The second-order valence-corrected chi connectivity index (χ2v) is 8.57. The standard InChI is InChI=1S/C20H20N2O7S/c1-12-2-6-15(7-3-12)30(27,28)22-9-8-14-5-4-13(10-16(14)22)11-29-18(20(25)26)17(21)19(23)24/h2-10,17-18H,11,21H2,1H3,(H,23,24)(H,25,26)/t17-,18-/m0/s1. The lowest BCUT2D eigenvalue weighted by molar-refractivity contribution is -0.159. The highest BCUT2D eigenvalue weighted by Gasteiger charge is 2.31. The maximum absolute atomic E-state index is 13.0. The molecule has 0 aliphatic carbocycles. The second-order valence-electron chi connectivity index (χ2n) is 6.76. The summed E-state index contributed by atoms with van der Waals surface area (Å²) in [5.74, 6) is -3.01. The van der Waals surface area contributed by atoms with Gasteiger partial charge in [0.2, 0.25) is 0 Å². The molecule has 9 nitrogen and oxygen atoms in total. The van der Waals surface area contributed by atoms with Gasteiger partial charge in [-0.3, -0.25) is 4.79 Å². The molecule has 1 heterocycles. The number of aryl methyl sites for hydroxylation is 1. The van der Waals surface area contributed by atoms with Gasteiger partial charge in [0.05, 0.1) is 17.0 Å². The predicted octanol–water partition coefficient (Wildman–Crippen LogP) is 1.57. The average molecular weight is 432 g/mol. The lowest BCUT2D eigenvalue weighted by Gasteiger charge is -2.17. The molecule has 2 atom stereocenters. The van der Waals surface area contributed by atoms with Crippen molar-refractivity contribution in [3.63, 3.8) is 0 Å². The number of carbonyl (C=O) groups is 2. The molecule has 0 amide bonds. The number of fused-ring (bicyclic) bond motifs is 1. The Morgan fingerprint density at radius 1 is 1.07 bits per heavy atom. The summed E-state index contributed by atoms with van der Waals surface area (Å²) in [5, 5.41) is 18.7. The van der Waals surface area contributed by atoms with Crippen LogP contribution in [0.5, 0.6) is 0 Å². The first-order chi connectivity index (χ1) is 14.1. The molecular weight excluding hydrogens is 412 g/mol. The summed E-state index contributed by atoms with van der Waals surface area (Å²) in [6.45, 7) is 1.60. The van der Waals surface area contributed by atoms with Gasteiger partial charge in [-0.2, -0.15) is 0 Å². The van der Waals surface area contributed by atoms with Crippen LogP contribution in [-0.4, -0.2) is 46.7 Å². The molecule has 0 radical (unpaired) electrons. The van der Waals surface area contributed by atoms with Crippen molar-refractivity contribution in [3.8, 4) is 0 Å². The van der Waals surface area contributed by atoms with Crippen molar-refractivity contribution in [1.29, 1.82) is 0 Å². The molecule has 0 bridgehead atoms. The van der Waals surface area contributed by atoms with Crippen LogP contribution in [0.4, 0.5) is 0 Å². The van der Waals surface area contributed by atoms with Crippen molar-refractivity contribution in [3.05, 3.63) is 65.9 Å². The van der Waals surface area contributed by atoms with Gasteiger partial charge < -0.3 is 20.7 Å². The summed E-state index contributed by atoms with van der Waals surface area (Å²) in [6.07, 6.45) is -0.313. The molecule has 4 N–H and O–H groups in total. The zero-order chi connectivity index (χ0) is 22.1. The number of aromatic nitrogens is 1. The number of nitrogens with two attached hydrogens (primary N) is 1. The van der Waals surface area contributed by atoms with Gasteiger partial charge >= 0.3 is 11.9 Å². The first kappa shape index (κ1) is 21.5. The Labute approximate surface area is 172 Å². The first-order valence-corrected chi connectivity index (χ1v) is 10.3. The molecule has 158 valence electrons. The van der Waals surface area contributed by atoms with Crippen molar-refractivity contribution >= 4 is 32.9 Å². The van der Waals surface area contributed by atoms with Gasteiger partial charge in [-0.25, -0.2) is 17.2 Å². The van der Waals surface area contributed by atoms with Gasteiger partial charge in [-0.05, 0) is 36.8 Å². The monoisotopic (exact) mass is 432 g/mol. The third kappa shape index (κ3) is 4.20. The third-order valence-corrected chi connectivity index (χ3v) is 6.29. The fourth-order valence-corrected chi connectivity index (χ4v) is 4.26. The van der Waals surface area contributed by atoms with Crippen LogP contribution in [0.2, 0.25) is 0 Å². The highest BCUT2D eigenvalue weighted by molar-refractivity contribution is 7.90. The van der Waals surface area contributed by atoms with Crippen LogP contribution in [0.25, 0.3) is 10.9 Å². The molecule has 0 unspecified atom stereocenters. The molecule has 2 aromatic carbocycles. The van der Waals surface area contributed by atoms with Gasteiger partial charge in [-0.1, -0.05) is 29.8 Å². The van der Waals surface area contributed by atoms with Gasteiger partial charge in [0.15, 0.2) is 6.10 Å². The minimum Gasteiger partial charge on any atom is -0.480 e. The van der Waals surface area contributed by atoms with Crippen LogP contribution >= 0.6 is 0 Å². The molecule has 0 saturated heterocycles. The highest BCUT2D eigenvalue weighted by atomic mass is 32.2. The van der Waals surface area contributed by atoms with E-state index in [1.807, 2.05) is 6.92 Å². The molecule has 3 aromatic rings. The molecule has 1 aromatic heterocycles. The summed E-state index contributed by atoms with van der Waals surface area (Å²) >= 11 is 0. The molecule has 30 heavy (non-hydrogen) atoms. The Kier molecular flexibility index (Phi) is 5.92. The molecular formula is C20H20N2O7S. The number of rotatable bonds is 8. The minimum atomic E-state index is -3.84. The topological polar surface area (TPSA) is 149 Å². The van der Waals surface area contributed by atoms with E-state index in [0.29, 0.717) is 16.5 Å². The van der Waals surface area contributed by atoms with E-state index in [0.717, 1.165) is 9.54 Å². The zero-order valence-corrected chi connectivity index (χ0v) is 16.7. The summed E-state index contributed by atoms with van der Waals surface area (Å²) in [7, 11) is -3.84. The van der Waals surface area contributed by atoms with Crippen LogP contribution in [-0.2, 0) is 31.0 Å². The van der Waals surface area contributed by atoms with E-state index in [1.165, 1.54) is 18.3 Å². The summed E-state index contributed by atoms with van der Waals surface area (Å²) in [4.78, 5) is 22.4. The Balaban J connectivity index is 1.92. The maximum atomic E-state index is 13.0. The summed E-state index contributed by atoms with van der Waals surface area (Å²) in [6, 6.07) is 11.2. The van der Waals surface area contributed by atoms with Crippen molar-refractivity contribution in [1.82, 2.24) is 3.97 Å². The maximum Gasteiger partial charge on any atom is 0.335 e. The number of ether oxygens (including phenoxy) is 1. The minimum absolute atomic E-state index is 0.130. The van der Waals surface area contributed by atoms with Crippen LogP contribution < -0.4 is 5.73 Å². The zero-order valence-electron chi connectivity index (χ0n) is 15.9. The smallest absolute Gasteiger partial charge is 0.335 e. The molecule has 0 aliphatic heterocycles. The van der Waals surface area contributed by atoms with Gasteiger partial charge in [0.1, 0.15) is 6.04 Å². The summed E-state index contributed by atoms with van der Waals surface area (Å²) < 4.78 is 32.4. The largest absolute Gasteiger partial charge is 0.480 e. The molecule has 10 heteroatoms. The van der Waals surface area contributed by atoms with Crippen molar-refractivity contribution in [2.45, 2.75) is 30.6 Å². The van der Waals surface area contributed by atoms with E-state index in [9.17, 15) is 18.0 Å². The number of aliphatic carboxylic acids is 2. The van der Waals surface area contributed by atoms with Gasteiger partial charge in [0.25, 0.3) is 10.0 Å². The molecule has 0 aliphatic rings. The third-order valence-electron chi connectivity index (χ3n) is 4.58. The fraction of sp³-hybridized carbons (Fsp3) is 0.200. The Bertz CT molecular complexity index is 1200. The Hall–Kier alpha value is -3.21. The normalized spacial score (nSPS) is 13.8. The van der Waals surface area contributed by atoms with E-state index in [-0.39, 0.29) is 11.5 Å². The van der Waals surface area contributed by atoms with Crippen LogP contribution in [0.3, 0.4) is 0 Å². The SMILES string of the molecule is Cc1ccc(S(=O)(=O)n2ccc3ccc(CO[C@H](C(=O)O)[C@H](N)C(=O)O)cc32)cc1. The van der Waals surface area contributed by atoms with E-state index in [1.54, 1.807) is 36.4 Å². The number of carboxylic acids is 2. The number of benzene rings is 2. The van der Waals surface area contributed by atoms with E-state index >= 15 is 0 Å². The molecule has 0 spiro atoms. The lowest BCUT2D eigenvalue weighted by Crippen LogP contribution is -2.47. The van der Waals surface area contributed by atoms with Crippen molar-refractivity contribution in [2.24, 2.45) is 5.73 Å². The highest BCUT2D eigenvalue weighted by Crippen LogP contribution is 2.24. The number of hydrogen-bond donors (Lipinski definition) is 3. The quantitative estimate of drug-likeness (QED) is 0.486. The van der Waals surface area contributed by atoms with Crippen LogP contribution in [0.1, 0.15) is 11.1 Å². The van der Waals surface area contributed by atoms with Crippen LogP contribution in [0.15, 0.2) is 59.6 Å². The van der Waals surface area contributed by atoms with Gasteiger partial charge in [0, 0.05) is 11.6 Å². The molecule has 0 saturated carbocycles. The van der Waals surface area contributed by atoms with Gasteiger partial charge in [-0.15, -0.1) is 0 Å². The van der Waals surface area contributed by atoms with Crippen LogP contribution in [0, 0.1) is 6.92 Å². The Morgan fingerprint density at radius 2 is 1.73 bits per heavy atom. The second kappa shape index (κ2) is 8.27. The first-order valence-electron chi connectivity index (χ1n) is 8.86.